The Bertz CT molecular complexity index is 1360. The number of hydrogen-bond acceptors (Lipinski definition) is 7. The summed E-state index contributed by atoms with van der Waals surface area (Å²) >= 11 is 6.22. The van der Waals surface area contributed by atoms with Gasteiger partial charge in [0.05, 0.1) is 24.6 Å². The van der Waals surface area contributed by atoms with Crippen molar-refractivity contribution < 1.29 is 23.9 Å². The molecule has 1 amide bonds. The topological polar surface area (TPSA) is 113 Å². The van der Waals surface area contributed by atoms with E-state index >= 15 is 0 Å². The van der Waals surface area contributed by atoms with Gasteiger partial charge in [0.2, 0.25) is 0 Å². The van der Waals surface area contributed by atoms with Crippen LogP contribution in [0.2, 0.25) is 5.02 Å². The molecule has 0 spiro atoms. The zero-order valence-corrected chi connectivity index (χ0v) is 19.8. The molecule has 2 heterocycles. The molecule has 1 aliphatic heterocycles. The molecule has 0 aliphatic carbocycles. The highest BCUT2D eigenvalue weighted by Crippen LogP contribution is 2.41. The predicted octanol–water partition coefficient (Wildman–Crippen LogP) is 4.76. The standard InChI is InChI=1S/C24H22ClN3O7/c1-3-33-24(30)27-8-9-34-22-12-23(29)26(2)14-19(22)18-11-17(28(31)32)5-7-21(18)35-20-6-4-16(25)10-15(20)13-27/h4-7,10-12,14H,3,8-9,13H2,1-2H3. The molecule has 0 atom stereocenters. The fraction of sp³-hybridized carbons (Fsp3) is 0.250. The molecule has 11 heteroatoms. The van der Waals surface area contributed by atoms with Crippen molar-refractivity contribution in [2.24, 2.45) is 7.05 Å². The van der Waals surface area contributed by atoms with Crippen LogP contribution < -0.4 is 15.0 Å². The quantitative estimate of drug-likeness (QED) is 0.369. The Balaban J connectivity index is 1.92. The van der Waals surface area contributed by atoms with Crippen molar-refractivity contribution in [3.63, 3.8) is 0 Å². The highest BCUT2D eigenvalue weighted by molar-refractivity contribution is 6.30. The van der Waals surface area contributed by atoms with Crippen LogP contribution in [0.4, 0.5) is 10.5 Å². The highest BCUT2D eigenvalue weighted by Gasteiger charge is 2.23. The van der Waals surface area contributed by atoms with Crippen LogP contribution in [-0.4, -0.2) is 40.2 Å². The monoisotopic (exact) mass is 499 g/mol. The lowest BCUT2D eigenvalue weighted by Crippen LogP contribution is -2.35. The van der Waals surface area contributed by atoms with Gasteiger partial charge in [-0.1, -0.05) is 11.6 Å². The smallest absolute Gasteiger partial charge is 0.410 e. The van der Waals surface area contributed by atoms with Crippen LogP contribution in [0.3, 0.4) is 0 Å². The lowest BCUT2D eigenvalue weighted by Gasteiger charge is -2.25. The van der Waals surface area contributed by atoms with E-state index in [4.69, 9.17) is 25.8 Å². The van der Waals surface area contributed by atoms with Gasteiger partial charge in [-0.2, -0.15) is 0 Å². The van der Waals surface area contributed by atoms with E-state index in [0.717, 1.165) is 0 Å². The van der Waals surface area contributed by atoms with Crippen molar-refractivity contribution in [2.45, 2.75) is 13.5 Å². The molecule has 0 saturated heterocycles. The number of hydrogen-bond donors (Lipinski definition) is 0. The Hall–Kier alpha value is -4.05. The number of carbonyl (C=O) groups excluding carboxylic acids is 1. The molecule has 0 unspecified atom stereocenters. The fourth-order valence-electron chi connectivity index (χ4n) is 3.68. The number of non-ortho nitro benzene ring substituents is 1. The summed E-state index contributed by atoms with van der Waals surface area (Å²) in [6.07, 6.45) is 0.987. The third-order valence-electron chi connectivity index (χ3n) is 5.40. The Kier molecular flexibility index (Phi) is 6.92. The van der Waals surface area contributed by atoms with Gasteiger partial charge in [-0.05, 0) is 31.2 Å². The molecule has 3 aromatic rings. The number of benzene rings is 2. The van der Waals surface area contributed by atoms with Crippen LogP contribution in [0.5, 0.6) is 17.2 Å². The van der Waals surface area contributed by atoms with Gasteiger partial charge in [0.15, 0.2) is 0 Å². The van der Waals surface area contributed by atoms with E-state index in [-0.39, 0.29) is 43.3 Å². The average Bonchev–Trinajstić information content (AvgIpc) is 2.81. The van der Waals surface area contributed by atoms with E-state index in [2.05, 4.69) is 0 Å². The predicted molar refractivity (Wildman–Crippen MR) is 128 cm³/mol. The van der Waals surface area contributed by atoms with Crippen molar-refractivity contribution in [3.8, 4) is 28.4 Å². The number of aromatic nitrogens is 1. The van der Waals surface area contributed by atoms with Crippen LogP contribution in [0.1, 0.15) is 12.5 Å². The van der Waals surface area contributed by atoms with Crippen LogP contribution in [0, 0.1) is 10.1 Å². The van der Waals surface area contributed by atoms with E-state index < -0.39 is 11.0 Å². The maximum absolute atomic E-state index is 12.6. The van der Waals surface area contributed by atoms with Crippen molar-refractivity contribution in [1.29, 1.82) is 0 Å². The number of fused-ring (bicyclic) bond motifs is 4. The minimum atomic E-state index is -0.542. The van der Waals surface area contributed by atoms with E-state index in [0.29, 0.717) is 33.2 Å². The molecular formula is C24H22ClN3O7. The van der Waals surface area contributed by atoms with Crippen molar-refractivity contribution in [3.05, 3.63) is 79.7 Å². The van der Waals surface area contributed by atoms with Crippen molar-refractivity contribution >= 4 is 23.4 Å². The molecular weight excluding hydrogens is 478 g/mol. The third-order valence-corrected chi connectivity index (χ3v) is 5.64. The summed E-state index contributed by atoms with van der Waals surface area (Å²) in [4.78, 5) is 37.4. The fourth-order valence-corrected chi connectivity index (χ4v) is 3.87. The minimum Gasteiger partial charge on any atom is -0.491 e. The van der Waals surface area contributed by atoms with Crippen LogP contribution >= 0.6 is 11.6 Å². The molecule has 2 aromatic carbocycles. The van der Waals surface area contributed by atoms with E-state index in [1.807, 2.05) is 0 Å². The van der Waals surface area contributed by atoms with Crippen LogP contribution in [0.15, 0.2) is 53.5 Å². The summed E-state index contributed by atoms with van der Waals surface area (Å²) in [5, 5.41) is 11.9. The molecule has 0 N–H and O–H groups in total. The van der Waals surface area contributed by atoms with Crippen LogP contribution in [0.25, 0.3) is 11.1 Å². The molecule has 1 aromatic heterocycles. The Morgan fingerprint density at radius 2 is 1.91 bits per heavy atom. The summed E-state index contributed by atoms with van der Waals surface area (Å²) in [5.74, 6) is 0.914. The Morgan fingerprint density at radius 3 is 2.66 bits per heavy atom. The zero-order chi connectivity index (χ0) is 25.1. The maximum atomic E-state index is 12.6. The number of nitrogens with zero attached hydrogens (tertiary/aromatic N) is 3. The van der Waals surface area contributed by atoms with Gasteiger partial charge in [-0.15, -0.1) is 0 Å². The molecule has 0 bridgehead atoms. The number of aryl methyl sites for hydroxylation is 1. The largest absolute Gasteiger partial charge is 0.491 e. The molecule has 182 valence electrons. The van der Waals surface area contributed by atoms with Crippen molar-refractivity contribution in [1.82, 2.24) is 9.47 Å². The number of carbonyl (C=O) groups is 1. The van der Waals surface area contributed by atoms with Gasteiger partial charge < -0.3 is 23.7 Å². The second kappa shape index (κ2) is 10.1. The molecule has 4 rings (SSSR count). The number of nitro groups is 1. The van der Waals surface area contributed by atoms with E-state index in [1.54, 1.807) is 32.2 Å². The number of nitro benzene ring substituents is 1. The zero-order valence-electron chi connectivity index (χ0n) is 19.0. The lowest BCUT2D eigenvalue weighted by molar-refractivity contribution is -0.384. The highest BCUT2D eigenvalue weighted by atomic mass is 35.5. The first kappa shape index (κ1) is 24.1. The van der Waals surface area contributed by atoms with E-state index in [9.17, 15) is 19.7 Å². The van der Waals surface area contributed by atoms with Gasteiger partial charge >= 0.3 is 6.09 Å². The second-order valence-corrected chi connectivity index (χ2v) is 8.20. The number of rotatable bonds is 2. The maximum Gasteiger partial charge on any atom is 0.410 e. The molecule has 1 aliphatic rings. The summed E-state index contributed by atoms with van der Waals surface area (Å²) < 4.78 is 18.7. The molecule has 0 saturated carbocycles. The van der Waals surface area contributed by atoms with Gasteiger partial charge in [0.25, 0.3) is 11.2 Å². The number of pyridine rings is 1. The normalized spacial score (nSPS) is 13.1. The molecule has 0 fully saturated rings. The minimum absolute atomic E-state index is 0.0417. The van der Waals surface area contributed by atoms with Gasteiger partial charge in [0, 0.05) is 53.2 Å². The summed E-state index contributed by atoms with van der Waals surface area (Å²) in [6.45, 7) is 2.20. The lowest BCUT2D eigenvalue weighted by atomic mass is 10.0. The number of halogens is 1. The van der Waals surface area contributed by atoms with Gasteiger partial charge in [0.1, 0.15) is 23.9 Å². The summed E-state index contributed by atoms with van der Waals surface area (Å²) in [5.41, 5.74) is 0.921. The van der Waals surface area contributed by atoms with Gasteiger partial charge in [-0.3, -0.25) is 14.9 Å². The van der Waals surface area contributed by atoms with E-state index in [1.165, 1.54) is 39.9 Å². The molecule has 0 radical (unpaired) electrons. The third kappa shape index (κ3) is 5.22. The molecule has 10 nitrogen and oxygen atoms in total. The van der Waals surface area contributed by atoms with Gasteiger partial charge in [-0.25, -0.2) is 4.79 Å². The number of ether oxygens (including phenoxy) is 3. The SMILES string of the molecule is CCOC(=O)N1CCOc2cc(=O)n(C)cc2-c2cc([N+](=O)[O-])ccc2Oc2ccc(Cl)cc2C1. The first-order valence-electron chi connectivity index (χ1n) is 10.8. The second-order valence-electron chi connectivity index (χ2n) is 7.76. The average molecular weight is 500 g/mol. The van der Waals surface area contributed by atoms with Crippen LogP contribution in [-0.2, 0) is 18.3 Å². The van der Waals surface area contributed by atoms with Crippen molar-refractivity contribution in [2.75, 3.05) is 19.8 Å². The molecule has 35 heavy (non-hydrogen) atoms. The Morgan fingerprint density at radius 1 is 1.14 bits per heavy atom. The first-order valence-corrected chi connectivity index (χ1v) is 11.1. The number of amides is 1. The summed E-state index contributed by atoms with van der Waals surface area (Å²) in [6, 6.07) is 10.5. The Labute approximate surface area is 205 Å². The summed E-state index contributed by atoms with van der Waals surface area (Å²) in [7, 11) is 1.57. The first-order chi connectivity index (χ1) is 16.8.